The van der Waals surface area contributed by atoms with Crippen molar-refractivity contribution in [3.05, 3.63) is 23.8 Å². The van der Waals surface area contributed by atoms with Crippen molar-refractivity contribution >= 4 is 11.6 Å². The van der Waals surface area contributed by atoms with Crippen LogP contribution in [0.4, 0.5) is 5.69 Å². The van der Waals surface area contributed by atoms with Crippen LogP contribution in [0, 0.1) is 12.8 Å². The van der Waals surface area contributed by atoms with Crippen molar-refractivity contribution in [2.24, 2.45) is 11.7 Å². The zero-order valence-corrected chi connectivity index (χ0v) is 10.4. The number of amides is 1. The minimum atomic E-state index is -0.108. The molecule has 1 atom stereocenters. The highest BCUT2D eigenvalue weighted by Gasteiger charge is 2.12. The van der Waals surface area contributed by atoms with Gasteiger partial charge in [-0.1, -0.05) is 25.5 Å². The number of hydrogen-bond donors (Lipinski definition) is 3. The third-order valence-corrected chi connectivity index (χ3v) is 2.90. The highest BCUT2D eigenvalue weighted by molar-refractivity contribution is 5.92. The van der Waals surface area contributed by atoms with Crippen molar-refractivity contribution in [3.8, 4) is 5.75 Å². The van der Waals surface area contributed by atoms with E-state index in [4.69, 9.17) is 5.73 Å². The maximum atomic E-state index is 11.7. The quantitative estimate of drug-likeness (QED) is 0.684. The lowest BCUT2D eigenvalue weighted by atomic mass is 10.0. The predicted octanol–water partition coefficient (Wildman–Crippen LogP) is 2.01. The standard InChI is InChI=1S/C13H20N2O2/c1-3-10(8-14)7-12(16)15-11-6-4-5-9(2)13(11)17/h4-6,10,17H,3,7-8,14H2,1-2H3,(H,15,16). The van der Waals surface area contributed by atoms with Gasteiger partial charge in [-0.15, -0.1) is 0 Å². The second kappa shape index (κ2) is 6.25. The highest BCUT2D eigenvalue weighted by atomic mass is 16.3. The Kier molecular flexibility index (Phi) is 4.97. The van der Waals surface area contributed by atoms with Crippen LogP contribution in [0.3, 0.4) is 0 Å². The van der Waals surface area contributed by atoms with Gasteiger partial charge < -0.3 is 16.2 Å². The number of hydrogen-bond acceptors (Lipinski definition) is 3. The molecule has 94 valence electrons. The van der Waals surface area contributed by atoms with Gasteiger partial charge in [0.25, 0.3) is 0 Å². The molecule has 0 fully saturated rings. The number of aryl methyl sites for hydroxylation is 1. The van der Waals surface area contributed by atoms with Crippen LogP contribution in [-0.4, -0.2) is 17.6 Å². The molecule has 0 aromatic heterocycles. The van der Waals surface area contributed by atoms with Gasteiger partial charge in [0.2, 0.25) is 5.91 Å². The average Bonchev–Trinajstić information content (AvgIpc) is 2.32. The van der Waals surface area contributed by atoms with Crippen LogP contribution in [0.2, 0.25) is 0 Å². The number of para-hydroxylation sites is 1. The van der Waals surface area contributed by atoms with Crippen molar-refractivity contribution in [1.82, 2.24) is 0 Å². The summed E-state index contributed by atoms with van der Waals surface area (Å²) in [4.78, 5) is 11.7. The molecule has 4 nitrogen and oxygen atoms in total. The molecular formula is C13H20N2O2. The number of phenols is 1. The first-order chi connectivity index (χ1) is 8.08. The van der Waals surface area contributed by atoms with Crippen LogP contribution < -0.4 is 11.1 Å². The summed E-state index contributed by atoms with van der Waals surface area (Å²) >= 11 is 0. The first kappa shape index (κ1) is 13.5. The largest absolute Gasteiger partial charge is 0.505 e. The first-order valence-corrected chi connectivity index (χ1v) is 5.87. The smallest absolute Gasteiger partial charge is 0.224 e. The van der Waals surface area contributed by atoms with E-state index in [0.717, 1.165) is 12.0 Å². The summed E-state index contributed by atoms with van der Waals surface area (Å²) in [5.74, 6) is 0.215. The number of benzene rings is 1. The zero-order valence-electron chi connectivity index (χ0n) is 10.4. The summed E-state index contributed by atoms with van der Waals surface area (Å²) in [6.45, 7) is 4.30. The lowest BCUT2D eigenvalue weighted by molar-refractivity contribution is -0.117. The second-order valence-electron chi connectivity index (χ2n) is 4.23. The molecule has 1 aromatic rings. The van der Waals surface area contributed by atoms with Gasteiger partial charge in [-0.25, -0.2) is 0 Å². The van der Waals surface area contributed by atoms with Crippen LogP contribution in [0.25, 0.3) is 0 Å². The predicted molar refractivity (Wildman–Crippen MR) is 68.9 cm³/mol. The van der Waals surface area contributed by atoms with Gasteiger partial charge in [0.1, 0.15) is 5.75 Å². The van der Waals surface area contributed by atoms with Gasteiger partial charge in [0.15, 0.2) is 0 Å². The van der Waals surface area contributed by atoms with E-state index in [0.29, 0.717) is 18.7 Å². The molecule has 0 bridgehead atoms. The topological polar surface area (TPSA) is 75.4 Å². The summed E-state index contributed by atoms with van der Waals surface area (Å²) in [6.07, 6.45) is 1.27. The normalized spacial score (nSPS) is 12.2. The maximum Gasteiger partial charge on any atom is 0.224 e. The monoisotopic (exact) mass is 236 g/mol. The fraction of sp³-hybridized carbons (Fsp3) is 0.462. The van der Waals surface area contributed by atoms with Gasteiger partial charge in [0, 0.05) is 6.42 Å². The van der Waals surface area contributed by atoms with Crippen LogP contribution in [0.15, 0.2) is 18.2 Å². The Bertz CT molecular complexity index is 387. The number of carbonyl (C=O) groups is 1. The van der Waals surface area contributed by atoms with Crippen molar-refractivity contribution < 1.29 is 9.90 Å². The zero-order chi connectivity index (χ0) is 12.8. The van der Waals surface area contributed by atoms with E-state index in [1.807, 2.05) is 6.92 Å². The molecule has 0 saturated heterocycles. The lowest BCUT2D eigenvalue weighted by Gasteiger charge is -2.13. The Morgan fingerprint density at radius 2 is 2.24 bits per heavy atom. The van der Waals surface area contributed by atoms with Crippen molar-refractivity contribution in [1.29, 1.82) is 0 Å². The molecule has 0 aliphatic heterocycles. The Labute approximate surface area is 102 Å². The van der Waals surface area contributed by atoms with Crippen LogP contribution in [0.1, 0.15) is 25.3 Å². The van der Waals surface area contributed by atoms with Crippen LogP contribution in [-0.2, 0) is 4.79 Å². The fourth-order valence-electron chi connectivity index (χ4n) is 1.62. The average molecular weight is 236 g/mol. The van der Waals surface area contributed by atoms with Crippen molar-refractivity contribution in [3.63, 3.8) is 0 Å². The Morgan fingerprint density at radius 1 is 1.53 bits per heavy atom. The number of anilines is 1. The molecule has 17 heavy (non-hydrogen) atoms. The Balaban J connectivity index is 2.65. The van der Waals surface area contributed by atoms with Gasteiger partial charge in [0.05, 0.1) is 5.69 Å². The summed E-state index contributed by atoms with van der Waals surface area (Å²) < 4.78 is 0. The number of carbonyl (C=O) groups excluding carboxylic acids is 1. The van der Waals surface area contributed by atoms with E-state index >= 15 is 0 Å². The molecule has 0 radical (unpaired) electrons. The van der Waals surface area contributed by atoms with Gasteiger partial charge in [-0.05, 0) is 31.0 Å². The summed E-state index contributed by atoms with van der Waals surface area (Å²) in [5, 5.41) is 12.5. The summed E-state index contributed by atoms with van der Waals surface area (Å²) in [5.41, 5.74) is 6.75. The van der Waals surface area contributed by atoms with Crippen LogP contribution in [0.5, 0.6) is 5.75 Å². The molecule has 0 aliphatic rings. The van der Waals surface area contributed by atoms with Crippen molar-refractivity contribution in [2.45, 2.75) is 26.7 Å². The molecule has 4 heteroatoms. The molecular weight excluding hydrogens is 216 g/mol. The first-order valence-electron chi connectivity index (χ1n) is 5.87. The molecule has 1 aromatic carbocycles. The maximum absolute atomic E-state index is 11.7. The van der Waals surface area contributed by atoms with Gasteiger partial charge >= 0.3 is 0 Å². The van der Waals surface area contributed by atoms with Gasteiger partial charge in [-0.2, -0.15) is 0 Å². The van der Waals surface area contributed by atoms with Crippen LogP contribution >= 0.6 is 0 Å². The van der Waals surface area contributed by atoms with Gasteiger partial charge in [-0.3, -0.25) is 4.79 Å². The number of phenolic OH excluding ortho intramolecular Hbond substituents is 1. The van der Waals surface area contributed by atoms with Crippen molar-refractivity contribution in [2.75, 3.05) is 11.9 Å². The molecule has 4 N–H and O–H groups in total. The highest BCUT2D eigenvalue weighted by Crippen LogP contribution is 2.26. The van der Waals surface area contributed by atoms with E-state index in [-0.39, 0.29) is 17.6 Å². The van der Waals surface area contributed by atoms with E-state index in [1.54, 1.807) is 25.1 Å². The third kappa shape index (κ3) is 3.75. The molecule has 1 amide bonds. The molecule has 0 heterocycles. The molecule has 1 rings (SSSR count). The lowest BCUT2D eigenvalue weighted by Crippen LogP contribution is -2.21. The SMILES string of the molecule is CCC(CN)CC(=O)Nc1cccc(C)c1O. The van der Waals surface area contributed by atoms with E-state index in [9.17, 15) is 9.90 Å². The molecule has 1 unspecified atom stereocenters. The third-order valence-electron chi connectivity index (χ3n) is 2.90. The van der Waals surface area contributed by atoms with E-state index in [2.05, 4.69) is 5.32 Å². The summed E-state index contributed by atoms with van der Waals surface area (Å²) in [7, 11) is 0. The van der Waals surface area contributed by atoms with E-state index < -0.39 is 0 Å². The molecule has 0 aliphatic carbocycles. The Morgan fingerprint density at radius 3 is 2.82 bits per heavy atom. The molecule has 0 saturated carbocycles. The minimum absolute atomic E-state index is 0.108. The minimum Gasteiger partial charge on any atom is -0.505 e. The summed E-state index contributed by atoms with van der Waals surface area (Å²) in [6, 6.07) is 5.27. The molecule has 0 spiro atoms. The number of nitrogens with two attached hydrogens (primary N) is 1. The number of rotatable bonds is 5. The number of nitrogens with one attached hydrogen (secondary N) is 1. The fourth-order valence-corrected chi connectivity index (χ4v) is 1.62. The Hall–Kier alpha value is -1.55. The second-order valence-corrected chi connectivity index (χ2v) is 4.23. The van der Waals surface area contributed by atoms with E-state index in [1.165, 1.54) is 0 Å². The number of aromatic hydroxyl groups is 1.